The average Bonchev–Trinajstić information content (AvgIpc) is 2.43. The Morgan fingerprint density at radius 1 is 1.00 bits per heavy atom. The van der Waals surface area contributed by atoms with Crippen LogP contribution in [0.5, 0.6) is 5.75 Å². The van der Waals surface area contributed by atoms with Crippen molar-refractivity contribution in [1.82, 2.24) is 4.98 Å². The standard InChI is InChI=1S/C15H8Cl2NO/c16-12-7-11(8-13(17)15(12)19)9-3-4-14-10(6-9)2-1-5-18-14/h1,3-8,19H. The summed E-state index contributed by atoms with van der Waals surface area (Å²) in [5.41, 5.74) is 2.66. The maximum Gasteiger partial charge on any atom is 0.152 e. The third kappa shape index (κ3) is 2.25. The Labute approximate surface area is 120 Å². The van der Waals surface area contributed by atoms with Crippen molar-refractivity contribution in [3.63, 3.8) is 0 Å². The van der Waals surface area contributed by atoms with E-state index in [9.17, 15) is 5.11 Å². The first kappa shape index (κ1) is 12.3. The number of pyridine rings is 1. The van der Waals surface area contributed by atoms with E-state index in [0.717, 1.165) is 22.0 Å². The zero-order valence-electron chi connectivity index (χ0n) is 9.69. The van der Waals surface area contributed by atoms with Gasteiger partial charge < -0.3 is 5.11 Å². The van der Waals surface area contributed by atoms with E-state index in [4.69, 9.17) is 23.2 Å². The lowest BCUT2D eigenvalue weighted by Crippen LogP contribution is -1.82. The first-order valence-electron chi connectivity index (χ1n) is 5.60. The molecule has 0 aliphatic heterocycles. The van der Waals surface area contributed by atoms with Crippen LogP contribution in [0, 0.1) is 6.07 Å². The molecule has 0 amide bonds. The van der Waals surface area contributed by atoms with Gasteiger partial charge in [0.15, 0.2) is 5.75 Å². The van der Waals surface area contributed by atoms with Crippen LogP contribution in [0.3, 0.4) is 0 Å². The monoisotopic (exact) mass is 288 g/mol. The summed E-state index contributed by atoms with van der Waals surface area (Å²) in [4.78, 5) is 4.24. The number of hydrogen-bond acceptors (Lipinski definition) is 2. The zero-order valence-corrected chi connectivity index (χ0v) is 11.2. The molecule has 0 saturated heterocycles. The minimum Gasteiger partial charge on any atom is -0.505 e. The fraction of sp³-hybridized carbons (Fsp3) is 0. The summed E-state index contributed by atoms with van der Waals surface area (Å²) in [5.74, 6) is -0.0962. The molecule has 1 N–H and O–H groups in total. The van der Waals surface area contributed by atoms with Crippen molar-refractivity contribution in [3.05, 3.63) is 58.7 Å². The summed E-state index contributed by atoms with van der Waals surface area (Å²) in [7, 11) is 0. The summed E-state index contributed by atoms with van der Waals surface area (Å²) in [5, 5.41) is 11.0. The third-order valence-electron chi connectivity index (χ3n) is 2.87. The number of benzene rings is 2. The van der Waals surface area contributed by atoms with E-state index in [2.05, 4.69) is 11.1 Å². The topological polar surface area (TPSA) is 33.1 Å². The molecule has 0 atom stereocenters. The Morgan fingerprint density at radius 2 is 1.74 bits per heavy atom. The Morgan fingerprint density at radius 3 is 2.47 bits per heavy atom. The second-order valence-corrected chi connectivity index (χ2v) is 4.92. The molecule has 4 heteroatoms. The van der Waals surface area contributed by atoms with Gasteiger partial charge in [0.05, 0.1) is 15.6 Å². The van der Waals surface area contributed by atoms with Crippen molar-refractivity contribution < 1.29 is 5.11 Å². The van der Waals surface area contributed by atoms with Gasteiger partial charge in [-0.1, -0.05) is 29.3 Å². The summed E-state index contributed by atoms with van der Waals surface area (Å²) in [6.45, 7) is 0. The average molecular weight is 289 g/mol. The largest absolute Gasteiger partial charge is 0.505 e. The molecule has 0 saturated carbocycles. The van der Waals surface area contributed by atoms with Crippen molar-refractivity contribution in [3.8, 4) is 16.9 Å². The number of phenolic OH excluding ortho intramolecular Hbond substituents is 1. The fourth-order valence-corrected chi connectivity index (χ4v) is 2.41. The predicted molar refractivity (Wildman–Crippen MR) is 77.7 cm³/mol. The van der Waals surface area contributed by atoms with E-state index in [1.54, 1.807) is 24.4 Å². The van der Waals surface area contributed by atoms with Crippen molar-refractivity contribution in [2.75, 3.05) is 0 Å². The van der Waals surface area contributed by atoms with Crippen LogP contribution in [0.25, 0.3) is 22.0 Å². The van der Waals surface area contributed by atoms with Gasteiger partial charge in [-0.3, -0.25) is 4.98 Å². The van der Waals surface area contributed by atoms with Gasteiger partial charge in [0.25, 0.3) is 0 Å². The van der Waals surface area contributed by atoms with E-state index < -0.39 is 0 Å². The molecule has 0 aliphatic carbocycles. The van der Waals surface area contributed by atoms with Gasteiger partial charge in [0.1, 0.15) is 0 Å². The van der Waals surface area contributed by atoms with Gasteiger partial charge in [-0.15, -0.1) is 0 Å². The van der Waals surface area contributed by atoms with Crippen LogP contribution >= 0.6 is 23.2 Å². The number of nitrogens with zero attached hydrogens (tertiary/aromatic N) is 1. The van der Waals surface area contributed by atoms with E-state index in [1.807, 2.05) is 18.2 Å². The molecular weight excluding hydrogens is 281 g/mol. The fourth-order valence-electron chi connectivity index (χ4n) is 1.92. The molecule has 0 bridgehead atoms. The Bertz CT molecular complexity index is 748. The second kappa shape index (κ2) is 4.72. The van der Waals surface area contributed by atoms with E-state index >= 15 is 0 Å². The number of hydrogen-bond donors (Lipinski definition) is 1. The highest BCUT2D eigenvalue weighted by Gasteiger charge is 2.08. The molecular formula is C15H8Cl2NO. The third-order valence-corrected chi connectivity index (χ3v) is 3.45. The molecule has 19 heavy (non-hydrogen) atoms. The number of rotatable bonds is 1. The molecule has 0 unspecified atom stereocenters. The summed E-state index contributed by atoms with van der Waals surface area (Å²) in [6.07, 6.45) is 1.70. The molecule has 1 radical (unpaired) electrons. The van der Waals surface area contributed by atoms with Gasteiger partial charge >= 0.3 is 0 Å². The van der Waals surface area contributed by atoms with E-state index in [0.29, 0.717) is 0 Å². The number of aromatic nitrogens is 1. The molecule has 3 aromatic rings. The molecule has 3 rings (SSSR count). The summed E-state index contributed by atoms with van der Waals surface area (Å²) < 4.78 is 0. The van der Waals surface area contributed by atoms with Gasteiger partial charge in [-0.25, -0.2) is 0 Å². The molecule has 93 valence electrons. The van der Waals surface area contributed by atoms with Crippen molar-refractivity contribution >= 4 is 34.1 Å². The number of halogens is 2. The van der Waals surface area contributed by atoms with Crippen LogP contribution in [0.4, 0.5) is 0 Å². The smallest absolute Gasteiger partial charge is 0.152 e. The van der Waals surface area contributed by atoms with Crippen LogP contribution in [0.1, 0.15) is 0 Å². The van der Waals surface area contributed by atoms with Gasteiger partial charge in [-0.2, -0.15) is 0 Å². The minimum absolute atomic E-state index is 0.0962. The molecule has 0 fully saturated rings. The Kier molecular flexibility index (Phi) is 3.05. The van der Waals surface area contributed by atoms with Crippen LogP contribution in [0.2, 0.25) is 10.0 Å². The lowest BCUT2D eigenvalue weighted by atomic mass is 10.0. The van der Waals surface area contributed by atoms with E-state index in [-0.39, 0.29) is 15.8 Å². The van der Waals surface area contributed by atoms with Crippen LogP contribution in [0.15, 0.2) is 42.6 Å². The minimum atomic E-state index is -0.0962. The maximum atomic E-state index is 9.57. The normalized spacial score (nSPS) is 10.8. The number of phenols is 1. The van der Waals surface area contributed by atoms with Crippen LogP contribution in [-0.2, 0) is 0 Å². The van der Waals surface area contributed by atoms with Crippen molar-refractivity contribution in [2.45, 2.75) is 0 Å². The van der Waals surface area contributed by atoms with Gasteiger partial charge in [0.2, 0.25) is 0 Å². The van der Waals surface area contributed by atoms with Gasteiger partial charge in [-0.05, 0) is 47.5 Å². The van der Waals surface area contributed by atoms with Crippen LogP contribution in [-0.4, -0.2) is 10.1 Å². The first-order chi connectivity index (χ1) is 9.15. The Hall–Kier alpha value is -1.77. The number of aromatic hydroxyl groups is 1. The maximum absolute atomic E-state index is 9.57. The second-order valence-electron chi connectivity index (χ2n) is 4.11. The highest BCUT2D eigenvalue weighted by atomic mass is 35.5. The molecule has 1 aromatic heterocycles. The molecule has 2 nitrogen and oxygen atoms in total. The predicted octanol–water partition coefficient (Wildman–Crippen LogP) is 4.71. The van der Waals surface area contributed by atoms with E-state index in [1.165, 1.54) is 0 Å². The van der Waals surface area contributed by atoms with Crippen molar-refractivity contribution in [2.24, 2.45) is 0 Å². The summed E-state index contributed by atoms with van der Waals surface area (Å²) >= 11 is 11.9. The highest BCUT2D eigenvalue weighted by Crippen LogP contribution is 2.36. The molecule has 2 aromatic carbocycles. The molecule has 0 aliphatic rings. The number of fused-ring (bicyclic) bond motifs is 1. The zero-order chi connectivity index (χ0) is 13.4. The van der Waals surface area contributed by atoms with Crippen LogP contribution < -0.4 is 0 Å². The summed E-state index contributed by atoms with van der Waals surface area (Å²) in [6, 6.07) is 14.1. The quantitative estimate of drug-likeness (QED) is 0.703. The molecule has 1 heterocycles. The highest BCUT2D eigenvalue weighted by molar-refractivity contribution is 6.37. The van der Waals surface area contributed by atoms with Crippen molar-refractivity contribution in [1.29, 1.82) is 0 Å². The lowest BCUT2D eigenvalue weighted by Gasteiger charge is -2.07. The first-order valence-corrected chi connectivity index (χ1v) is 6.35. The molecule has 0 spiro atoms. The van der Waals surface area contributed by atoms with Gasteiger partial charge in [0, 0.05) is 11.6 Å². The SMILES string of the molecule is Oc1c(Cl)cc(-c2ccc3ncc[c]c3c2)cc1Cl. The lowest BCUT2D eigenvalue weighted by molar-refractivity contribution is 0.476. The Balaban J connectivity index is 2.19.